The Balaban J connectivity index is 1.57. The van der Waals surface area contributed by atoms with E-state index in [1.165, 1.54) is 24.4 Å². The number of nitrogens with one attached hydrogen (secondary N) is 1. The van der Waals surface area contributed by atoms with Gasteiger partial charge in [-0.05, 0) is 42.5 Å². The molecule has 1 amide bonds. The lowest BCUT2D eigenvalue weighted by molar-refractivity contribution is -0.384. The molecule has 0 aliphatic rings. The second kappa shape index (κ2) is 8.95. The van der Waals surface area contributed by atoms with Crippen molar-refractivity contribution in [3.8, 4) is 0 Å². The zero-order chi connectivity index (χ0) is 20.6. The number of hydrogen-bond acceptors (Lipinski definition) is 8. The number of hydrogen-bond donors (Lipinski definition) is 1. The van der Waals surface area contributed by atoms with Crippen LogP contribution in [-0.4, -0.2) is 21.8 Å². The molecule has 29 heavy (non-hydrogen) atoms. The number of anilines is 1. The second-order valence-corrected chi connectivity index (χ2v) is 5.59. The summed E-state index contributed by atoms with van der Waals surface area (Å²) in [5, 5.41) is 18.2. The predicted molar refractivity (Wildman–Crippen MR) is 102 cm³/mol. The van der Waals surface area contributed by atoms with Crippen LogP contribution in [-0.2, 0) is 4.84 Å². The van der Waals surface area contributed by atoms with Crippen LogP contribution >= 0.6 is 0 Å². The zero-order valence-corrected chi connectivity index (χ0v) is 14.8. The number of non-ortho nitro benzene ring substituents is 1. The third kappa shape index (κ3) is 5.26. The standard InChI is InChI=1S/C19H13N5O5/c25-18(14-4-2-10-20-12-14)22-21-15-6-8-16(9-7-15)23-29-19(26)13-3-1-5-17(11-13)24(27)28/h1-12,23H. The first-order valence-corrected chi connectivity index (χ1v) is 8.21. The highest BCUT2D eigenvalue weighted by atomic mass is 16.7. The van der Waals surface area contributed by atoms with Crippen molar-refractivity contribution in [2.45, 2.75) is 0 Å². The van der Waals surface area contributed by atoms with Crippen LogP contribution in [0.25, 0.3) is 0 Å². The quantitative estimate of drug-likeness (QED) is 0.379. The monoisotopic (exact) mass is 391 g/mol. The molecule has 144 valence electrons. The molecule has 0 spiro atoms. The van der Waals surface area contributed by atoms with Crippen molar-refractivity contribution in [3.63, 3.8) is 0 Å². The van der Waals surface area contributed by atoms with Crippen LogP contribution in [0.5, 0.6) is 0 Å². The zero-order valence-electron chi connectivity index (χ0n) is 14.8. The number of aromatic nitrogens is 1. The molecule has 1 N–H and O–H groups in total. The SMILES string of the molecule is O=C(N=Nc1ccc(NOC(=O)c2cccc([N+](=O)[O-])c2)cc1)c1cccnc1. The minimum atomic E-state index is -0.778. The molecule has 0 aliphatic carbocycles. The fraction of sp³-hybridized carbons (Fsp3) is 0. The molecule has 3 rings (SSSR count). The van der Waals surface area contributed by atoms with Gasteiger partial charge in [0.2, 0.25) is 0 Å². The van der Waals surface area contributed by atoms with Gasteiger partial charge < -0.3 is 4.84 Å². The number of nitro groups is 1. The predicted octanol–water partition coefficient (Wildman–Crippen LogP) is 4.10. The molecule has 0 atom stereocenters. The fourth-order valence-electron chi connectivity index (χ4n) is 2.16. The molecule has 10 nitrogen and oxygen atoms in total. The van der Waals surface area contributed by atoms with Gasteiger partial charge in [0.05, 0.1) is 27.4 Å². The maximum Gasteiger partial charge on any atom is 0.363 e. The number of benzene rings is 2. The molecular weight excluding hydrogens is 378 g/mol. The van der Waals surface area contributed by atoms with E-state index >= 15 is 0 Å². The number of azo groups is 1. The maximum atomic E-state index is 12.0. The molecule has 0 radical (unpaired) electrons. The Labute approximate surface area is 164 Å². The van der Waals surface area contributed by atoms with E-state index in [0.29, 0.717) is 16.9 Å². The summed E-state index contributed by atoms with van der Waals surface area (Å²) in [7, 11) is 0. The highest BCUT2D eigenvalue weighted by molar-refractivity contribution is 5.94. The average Bonchev–Trinajstić information content (AvgIpc) is 2.77. The number of rotatable bonds is 6. The van der Waals surface area contributed by atoms with Crippen molar-refractivity contribution < 1.29 is 19.3 Å². The topological polar surface area (TPSA) is 136 Å². The summed E-state index contributed by atoms with van der Waals surface area (Å²) in [5.74, 6) is -1.30. The van der Waals surface area contributed by atoms with Crippen LogP contribution in [0.4, 0.5) is 17.1 Å². The van der Waals surface area contributed by atoms with Gasteiger partial charge in [0.25, 0.3) is 11.6 Å². The summed E-state index contributed by atoms with van der Waals surface area (Å²) >= 11 is 0. The molecule has 1 aromatic heterocycles. The normalized spacial score (nSPS) is 10.5. The number of nitrogens with zero attached hydrogens (tertiary/aromatic N) is 4. The molecule has 1 heterocycles. The molecular formula is C19H13N5O5. The van der Waals surface area contributed by atoms with Crippen LogP contribution in [0.3, 0.4) is 0 Å². The number of carbonyl (C=O) groups is 2. The van der Waals surface area contributed by atoms with Crippen molar-refractivity contribution in [2.75, 3.05) is 5.48 Å². The number of nitro benzene ring substituents is 1. The smallest absolute Gasteiger partial charge is 0.338 e. The van der Waals surface area contributed by atoms with Crippen molar-refractivity contribution in [2.24, 2.45) is 10.2 Å². The summed E-state index contributed by atoms with van der Waals surface area (Å²) in [4.78, 5) is 42.8. The van der Waals surface area contributed by atoms with E-state index in [1.807, 2.05) is 0 Å². The molecule has 0 unspecified atom stereocenters. The lowest BCUT2D eigenvalue weighted by Crippen LogP contribution is -2.10. The molecule has 10 heteroatoms. The van der Waals surface area contributed by atoms with Crippen LogP contribution in [0.15, 0.2) is 83.3 Å². The van der Waals surface area contributed by atoms with Crippen LogP contribution in [0, 0.1) is 10.1 Å². The molecule has 0 bridgehead atoms. The Morgan fingerprint density at radius 3 is 2.48 bits per heavy atom. The molecule has 0 aliphatic heterocycles. The number of amides is 1. The van der Waals surface area contributed by atoms with Crippen molar-refractivity contribution in [1.82, 2.24) is 4.98 Å². The Morgan fingerprint density at radius 1 is 1.03 bits per heavy atom. The van der Waals surface area contributed by atoms with Crippen molar-refractivity contribution in [1.29, 1.82) is 0 Å². The Morgan fingerprint density at radius 2 is 1.79 bits per heavy atom. The van der Waals surface area contributed by atoms with Crippen LogP contribution < -0.4 is 5.48 Å². The summed E-state index contributed by atoms with van der Waals surface area (Å²) < 4.78 is 0. The minimum Gasteiger partial charge on any atom is -0.338 e. The highest BCUT2D eigenvalue weighted by Gasteiger charge is 2.13. The van der Waals surface area contributed by atoms with Crippen LogP contribution in [0.2, 0.25) is 0 Å². The molecule has 0 saturated carbocycles. The third-order valence-corrected chi connectivity index (χ3v) is 3.59. The van der Waals surface area contributed by atoms with E-state index in [9.17, 15) is 19.7 Å². The Bertz CT molecular complexity index is 1070. The van der Waals surface area contributed by atoms with Gasteiger partial charge in [-0.25, -0.2) is 10.3 Å². The highest BCUT2D eigenvalue weighted by Crippen LogP contribution is 2.18. The van der Waals surface area contributed by atoms with Crippen molar-refractivity contribution >= 4 is 28.9 Å². The van der Waals surface area contributed by atoms with E-state index in [4.69, 9.17) is 4.84 Å². The van der Waals surface area contributed by atoms with E-state index in [0.717, 1.165) is 6.07 Å². The van der Waals surface area contributed by atoms with Gasteiger partial charge in [0, 0.05) is 24.5 Å². The lowest BCUT2D eigenvalue weighted by Gasteiger charge is -2.06. The summed E-state index contributed by atoms with van der Waals surface area (Å²) in [6.45, 7) is 0. The molecule has 2 aromatic carbocycles. The fourth-order valence-corrected chi connectivity index (χ4v) is 2.16. The second-order valence-electron chi connectivity index (χ2n) is 5.59. The first kappa shape index (κ1) is 19.3. The van der Waals surface area contributed by atoms with Gasteiger partial charge in [-0.1, -0.05) is 6.07 Å². The van der Waals surface area contributed by atoms with Gasteiger partial charge in [0.1, 0.15) is 0 Å². The molecule has 0 fully saturated rings. The summed E-state index contributed by atoms with van der Waals surface area (Å²) in [5.41, 5.74) is 3.43. The van der Waals surface area contributed by atoms with Gasteiger partial charge in [-0.3, -0.25) is 19.9 Å². The molecule has 0 saturated heterocycles. The van der Waals surface area contributed by atoms with E-state index in [-0.39, 0.29) is 11.3 Å². The minimum absolute atomic E-state index is 0.0334. The Hall–Kier alpha value is -4.47. The first-order chi connectivity index (χ1) is 14.0. The third-order valence-electron chi connectivity index (χ3n) is 3.59. The maximum absolute atomic E-state index is 12.0. The van der Waals surface area contributed by atoms with Gasteiger partial charge in [-0.2, -0.15) is 0 Å². The summed E-state index contributed by atoms with van der Waals surface area (Å²) in [6.07, 6.45) is 2.94. The number of pyridine rings is 1. The largest absolute Gasteiger partial charge is 0.363 e. The van der Waals surface area contributed by atoms with E-state index < -0.39 is 16.8 Å². The van der Waals surface area contributed by atoms with Gasteiger partial charge in [-0.15, -0.1) is 10.2 Å². The Kier molecular flexibility index (Phi) is 5.96. The molecule has 3 aromatic rings. The van der Waals surface area contributed by atoms with Gasteiger partial charge in [0.15, 0.2) is 0 Å². The van der Waals surface area contributed by atoms with E-state index in [1.54, 1.807) is 42.6 Å². The number of carbonyl (C=O) groups excluding carboxylic acids is 2. The van der Waals surface area contributed by atoms with E-state index in [2.05, 4.69) is 20.7 Å². The van der Waals surface area contributed by atoms with Gasteiger partial charge >= 0.3 is 5.97 Å². The lowest BCUT2D eigenvalue weighted by atomic mass is 10.2. The van der Waals surface area contributed by atoms with Crippen LogP contribution in [0.1, 0.15) is 20.7 Å². The van der Waals surface area contributed by atoms with Crippen molar-refractivity contribution in [3.05, 3.63) is 94.3 Å². The average molecular weight is 391 g/mol. The summed E-state index contributed by atoms with van der Waals surface area (Å²) in [6, 6.07) is 14.6. The first-order valence-electron chi connectivity index (χ1n) is 8.21.